The van der Waals surface area contributed by atoms with Crippen LogP contribution in [-0.2, 0) is 9.59 Å². The lowest BCUT2D eigenvalue weighted by molar-refractivity contribution is -0.134. The van der Waals surface area contributed by atoms with Crippen molar-refractivity contribution in [3.63, 3.8) is 0 Å². The van der Waals surface area contributed by atoms with Gasteiger partial charge in [-0.1, -0.05) is 18.2 Å². The van der Waals surface area contributed by atoms with Gasteiger partial charge in [-0.3, -0.25) is 14.8 Å². The molecular formula is C9H11N3O3. The maximum Gasteiger partial charge on any atom is 0.269 e. The van der Waals surface area contributed by atoms with Gasteiger partial charge in [0.05, 0.1) is 0 Å². The lowest BCUT2D eigenvalue weighted by Gasteiger charge is -2.09. The highest BCUT2D eigenvalue weighted by atomic mass is 16.5. The fraction of sp³-hybridized carbons (Fsp3) is 0.111. The molecule has 1 rings (SSSR count). The number of hydrogen-bond donors (Lipinski definition) is 4. The number of amides is 2. The summed E-state index contributed by atoms with van der Waals surface area (Å²) >= 11 is 0. The van der Waals surface area contributed by atoms with Crippen LogP contribution in [0.25, 0.3) is 0 Å². The molecule has 0 heterocycles. The predicted molar refractivity (Wildman–Crippen MR) is 53.0 cm³/mol. The quantitative estimate of drug-likeness (QED) is 0.305. The van der Waals surface area contributed by atoms with E-state index in [1.54, 1.807) is 30.3 Å². The van der Waals surface area contributed by atoms with Gasteiger partial charge in [0.25, 0.3) is 11.8 Å². The number of hydroxylamine groups is 1. The van der Waals surface area contributed by atoms with Gasteiger partial charge in [-0.15, -0.1) is 0 Å². The number of rotatable bonds is 3. The van der Waals surface area contributed by atoms with Crippen LogP contribution >= 0.6 is 0 Å². The Morgan fingerprint density at radius 3 is 2.33 bits per heavy atom. The molecule has 0 fully saturated rings. The van der Waals surface area contributed by atoms with Crippen LogP contribution in [0.3, 0.4) is 0 Å². The van der Waals surface area contributed by atoms with E-state index < -0.39 is 17.9 Å². The Balaban J connectivity index is 2.60. The lowest BCUT2D eigenvalue weighted by Crippen LogP contribution is -2.47. The summed E-state index contributed by atoms with van der Waals surface area (Å²) in [4.78, 5) is 22.1. The zero-order chi connectivity index (χ0) is 11.3. The summed E-state index contributed by atoms with van der Waals surface area (Å²) < 4.78 is 0. The van der Waals surface area contributed by atoms with Gasteiger partial charge in [0.1, 0.15) is 0 Å². The minimum atomic E-state index is -1.43. The second-order valence-electron chi connectivity index (χ2n) is 2.81. The van der Waals surface area contributed by atoms with Gasteiger partial charge < -0.3 is 11.1 Å². The summed E-state index contributed by atoms with van der Waals surface area (Å²) in [5.74, 6) is -1.64. The third-order valence-electron chi connectivity index (χ3n) is 1.72. The summed E-state index contributed by atoms with van der Waals surface area (Å²) in [6, 6.07) is 7.12. The van der Waals surface area contributed by atoms with Crippen LogP contribution in [-0.4, -0.2) is 23.1 Å². The summed E-state index contributed by atoms with van der Waals surface area (Å²) in [5, 5.41) is 10.7. The Bertz CT molecular complexity index is 353. The highest BCUT2D eigenvalue weighted by Crippen LogP contribution is 2.04. The van der Waals surface area contributed by atoms with E-state index in [1.807, 2.05) is 0 Å². The third-order valence-corrected chi connectivity index (χ3v) is 1.72. The van der Waals surface area contributed by atoms with Crippen molar-refractivity contribution in [3.05, 3.63) is 30.3 Å². The molecule has 5 N–H and O–H groups in total. The third kappa shape index (κ3) is 3.04. The monoisotopic (exact) mass is 209 g/mol. The molecule has 0 spiro atoms. The molecule has 80 valence electrons. The summed E-state index contributed by atoms with van der Waals surface area (Å²) in [7, 11) is 0. The fourth-order valence-electron chi connectivity index (χ4n) is 0.930. The van der Waals surface area contributed by atoms with Crippen LogP contribution < -0.4 is 16.5 Å². The normalized spacial score (nSPS) is 11.6. The largest absolute Gasteiger partial charge is 0.324 e. The van der Waals surface area contributed by atoms with Gasteiger partial charge >= 0.3 is 0 Å². The molecule has 0 radical (unpaired) electrons. The molecule has 1 aromatic carbocycles. The van der Waals surface area contributed by atoms with Crippen molar-refractivity contribution in [2.45, 2.75) is 6.04 Å². The number of benzene rings is 1. The molecule has 1 atom stereocenters. The molecule has 1 unspecified atom stereocenters. The highest BCUT2D eigenvalue weighted by molar-refractivity contribution is 6.09. The molecule has 1 aromatic rings. The first-order valence-corrected chi connectivity index (χ1v) is 4.20. The highest BCUT2D eigenvalue weighted by Gasteiger charge is 2.21. The van der Waals surface area contributed by atoms with E-state index in [0.29, 0.717) is 5.69 Å². The molecule has 0 saturated heterocycles. The lowest BCUT2D eigenvalue weighted by atomic mass is 10.2. The molecule has 0 aromatic heterocycles. The standard InChI is InChI=1S/C9H11N3O3/c10-7(9(14)12-15)8(13)11-6-4-2-1-3-5-6/h1-5,7,15H,10H2,(H,11,13)(H,12,14). The molecule has 6 heteroatoms. The minimum Gasteiger partial charge on any atom is -0.324 e. The molecule has 0 saturated carbocycles. The summed E-state index contributed by atoms with van der Waals surface area (Å²) in [6.07, 6.45) is 0. The minimum absolute atomic E-state index is 0.531. The van der Waals surface area contributed by atoms with Crippen molar-refractivity contribution < 1.29 is 14.8 Å². The number of hydrogen-bond acceptors (Lipinski definition) is 4. The molecule has 0 aliphatic heterocycles. The van der Waals surface area contributed by atoms with Gasteiger partial charge in [-0.25, -0.2) is 5.48 Å². The van der Waals surface area contributed by atoms with E-state index in [-0.39, 0.29) is 0 Å². The Morgan fingerprint density at radius 2 is 1.80 bits per heavy atom. The first-order valence-electron chi connectivity index (χ1n) is 4.20. The van der Waals surface area contributed by atoms with E-state index in [0.717, 1.165) is 0 Å². The van der Waals surface area contributed by atoms with Crippen LogP contribution in [0.4, 0.5) is 5.69 Å². The number of carbonyl (C=O) groups is 2. The van der Waals surface area contributed by atoms with Gasteiger partial charge in [-0.2, -0.15) is 0 Å². The average Bonchev–Trinajstić information content (AvgIpc) is 2.28. The van der Waals surface area contributed by atoms with E-state index in [2.05, 4.69) is 5.32 Å². The maximum atomic E-state index is 11.3. The van der Waals surface area contributed by atoms with E-state index >= 15 is 0 Å². The van der Waals surface area contributed by atoms with Crippen molar-refractivity contribution in [3.8, 4) is 0 Å². The Morgan fingerprint density at radius 1 is 1.20 bits per heavy atom. The number of nitrogens with one attached hydrogen (secondary N) is 2. The van der Waals surface area contributed by atoms with E-state index in [1.165, 1.54) is 5.48 Å². The first-order chi connectivity index (χ1) is 7.15. The van der Waals surface area contributed by atoms with Crippen LogP contribution in [0.2, 0.25) is 0 Å². The fourth-order valence-corrected chi connectivity index (χ4v) is 0.930. The van der Waals surface area contributed by atoms with Crippen molar-refractivity contribution in [1.29, 1.82) is 0 Å². The second kappa shape index (κ2) is 5.08. The predicted octanol–water partition coefficient (Wildman–Crippen LogP) is -0.542. The Kier molecular flexibility index (Phi) is 3.78. The first kappa shape index (κ1) is 11.2. The molecule has 0 aliphatic rings. The number of para-hydroxylation sites is 1. The Labute approximate surface area is 86.0 Å². The zero-order valence-electron chi connectivity index (χ0n) is 7.81. The molecule has 15 heavy (non-hydrogen) atoms. The summed E-state index contributed by atoms with van der Waals surface area (Å²) in [6.45, 7) is 0. The van der Waals surface area contributed by atoms with Crippen molar-refractivity contribution in [1.82, 2.24) is 5.48 Å². The van der Waals surface area contributed by atoms with Gasteiger partial charge in [-0.05, 0) is 12.1 Å². The van der Waals surface area contributed by atoms with Gasteiger partial charge in [0.15, 0.2) is 6.04 Å². The molecular weight excluding hydrogens is 198 g/mol. The number of carbonyl (C=O) groups excluding carboxylic acids is 2. The summed E-state index contributed by atoms with van der Waals surface area (Å²) in [5.41, 5.74) is 7.07. The van der Waals surface area contributed by atoms with Gasteiger partial charge in [0, 0.05) is 5.69 Å². The van der Waals surface area contributed by atoms with E-state index in [4.69, 9.17) is 10.9 Å². The zero-order valence-corrected chi connectivity index (χ0v) is 7.81. The second-order valence-corrected chi connectivity index (χ2v) is 2.81. The van der Waals surface area contributed by atoms with Crippen LogP contribution in [0.5, 0.6) is 0 Å². The van der Waals surface area contributed by atoms with Crippen LogP contribution in [0, 0.1) is 0 Å². The van der Waals surface area contributed by atoms with Crippen molar-refractivity contribution in [2.24, 2.45) is 5.73 Å². The molecule has 6 nitrogen and oxygen atoms in total. The number of anilines is 1. The van der Waals surface area contributed by atoms with Crippen molar-refractivity contribution >= 4 is 17.5 Å². The van der Waals surface area contributed by atoms with Crippen LogP contribution in [0.1, 0.15) is 0 Å². The van der Waals surface area contributed by atoms with E-state index in [9.17, 15) is 9.59 Å². The van der Waals surface area contributed by atoms with Crippen LogP contribution in [0.15, 0.2) is 30.3 Å². The van der Waals surface area contributed by atoms with Gasteiger partial charge in [0.2, 0.25) is 0 Å². The van der Waals surface area contributed by atoms with Crippen molar-refractivity contribution in [2.75, 3.05) is 5.32 Å². The number of nitrogens with two attached hydrogens (primary N) is 1. The Hall–Kier alpha value is -1.92. The molecule has 0 aliphatic carbocycles. The smallest absolute Gasteiger partial charge is 0.269 e. The topological polar surface area (TPSA) is 104 Å². The molecule has 0 bridgehead atoms. The molecule has 2 amide bonds. The maximum absolute atomic E-state index is 11.3. The average molecular weight is 209 g/mol. The SMILES string of the molecule is NC(C(=O)NO)C(=O)Nc1ccccc1.